The summed E-state index contributed by atoms with van der Waals surface area (Å²) in [6, 6.07) is 5.49. The number of aliphatic carboxylic acids is 1. The molecule has 1 aromatic rings. The zero-order chi connectivity index (χ0) is 18.4. The van der Waals surface area contributed by atoms with E-state index in [-0.39, 0.29) is 11.8 Å². The Balaban J connectivity index is 1.87. The lowest BCUT2D eigenvalue weighted by Gasteiger charge is -2.16. The minimum atomic E-state index is -1.09. The predicted octanol–water partition coefficient (Wildman–Crippen LogP) is 3.04. The molecule has 2 rings (SSSR count). The van der Waals surface area contributed by atoms with E-state index in [2.05, 4.69) is 10.6 Å². The second-order valence-electron chi connectivity index (χ2n) is 6.89. The van der Waals surface area contributed by atoms with E-state index in [0.717, 1.165) is 6.42 Å². The smallest absolute Gasteiger partial charge is 0.325 e. The Bertz CT molecular complexity index is 621. The molecule has 1 saturated carbocycles. The third-order valence-corrected chi connectivity index (χ3v) is 4.74. The lowest BCUT2D eigenvalue weighted by Crippen LogP contribution is -2.38. The number of nitrogens with one attached hydrogen (secondary N) is 2. The number of benzene rings is 1. The molecule has 0 bridgehead atoms. The topological polar surface area (TPSA) is 95.5 Å². The van der Waals surface area contributed by atoms with Crippen LogP contribution in [-0.4, -0.2) is 28.9 Å². The minimum absolute atomic E-state index is 0.0106. The molecule has 0 saturated heterocycles. The Kier molecular flexibility index (Phi) is 6.56. The van der Waals surface area contributed by atoms with E-state index >= 15 is 0 Å². The van der Waals surface area contributed by atoms with Gasteiger partial charge in [0.1, 0.15) is 6.04 Å². The van der Waals surface area contributed by atoms with Crippen LogP contribution in [0.2, 0.25) is 0 Å². The molecule has 136 valence electrons. The van der Waals surface area contributed by atoms with E-state index in [1.807, 2.05) is 6.92 Å². The molecule has 0 spiro atoms. The first-order valence-corrected chi connectivity index (χ1v) is 8.81. The van der Waals surface area contributed by atoms with Crippen LogP contribution in [0.15, 0.2) is 24.3 Å². The van der Waals surface area contributed by atoms with E-state index in [0.29, 0.717) is 17.2 Å². The van der Waals surface area contributed by atoms with Crippen LogP contribution < -0.4 is 10.6 Å². The summed E-state index contributed by atoms with van der Waals surface area (Å²) in [4.78, 5) is 35.0. The SMILES string of the molecule is CC(CC1CCCC1)C(=O)Nc1ccc(C(=O)NC(C)C(=O)O)cc1. The summed E-state index contributed by atoms with van der Waals surface area (Å²) >= 11 is 0. The van der Waals surface area contributed by atoms with Gasteiger partial charge in [0.05, 0.1) is 0 Å². The van der Waals surface area contributed by atoms with Gasteiger partial charge < -0.3 is 15.7 Å². The van der Waals surface area contributed by atoms with Crippen LogP contribution in [0.25, 0.3) is 0 Å². The summed E-state index contributed by atoms with van der Waals surface area (Å²) in [5, 5.41) is 14.1. The molecule has 0 aliphatic heterocycles. The Morgan fingerprint density at radius 1 is 1.12 bits per heavy atom. The van der Waals surface area contributed by atoms with E-state index in [4.69, 9.17) is 5.11 Å². The number of rotatable bonds is 7. The first kappa shape index (κ1) is 19.0. The number of hydrogen-bond acceptors (Lipinski definition) is 3. The van der Waals surface area contributed by atoms with Crippen molar-refractivity contribution in [2.75, 3.05) is 5.32 Å². The Labute approximate surface area is 148 Å². The van der Waals surface area contributed by atoms with Crippen LogP contribution >= 0.6 is 0 Å². The van der Waals surface area contributed by atoms with Crippen LogP contribution in [0.1, 0.15) is 56.3 Å². The average molecular weight is 346 g/mol. The van der Waals surface area contributed by atoms with Crippen LogP contribution in [0.3, 0.4) is 0 Å². The molecule has 0 radical (unpaired) electrons. The van der Waals surface area contributed by atoms with Gasteiger partial charge in [0.2, 0.25) is 5.91 Å². The van der Waals surface area contributed by atoms with Gasteiger partial charge in [-0.1, -0.05) is 32.6 Å². The van der Waals surface area contributed by atoms with Crippen molar-refractivity contribution in [3.05, 3.63) is 29.8 Å². The van der Waals surface area contributed by atoms with Crippen molar-refractivity contribution >= 4 is 23.5 Å². The molecule has 25 heavy (non-hydrogen) atoms. The minimum Gasteiger partial charge on any atom is -0.480 e. The fourth-order valence-electron chi connectivity index (χ4n) is 3.17. The van der Waals surface area contributed by atoms with Crippen molar-refractivity contribution in [3.8, 4) is 0 Å². The largest absolute Gasteiger partial charge is 0.480 e. The van der Waals surface area contributed by atoms with E-state index in [9.17, 15) is 14.4 Å². The number of carbonyl (C=O) groups is 3. The number of carboxylic acids is 1. The number of carbonyl (C=O) groups excluding carboxylic acids is 2. The Morgan fingerprint density at radius 2 is 1.72 bits per heavy atom. The summed E-state index contributed by atoms with van der Waals surface area (Å²) in [5.41, 5.74) is 0.983. The summed E-state index contributed by atoms with van der Waals surface area (Å²) in [6.07, 6.45) is 5.89. The van der Waals surface area contributed by atoms with Crippen LogP contribution in [0.5, 0.6) is 0 Å². The summed E-state index contributed by atoms with van der Waals surface area (Å²) in [6.45, 7) is 3.35. The normalized spacial score (nSPS) is 16.9. The zero-order valence-electron chi connectivity index (χ0n) is 14.7. The first-order chi connectivity index (χ1) is 11.9. The highest BCUT2D eigenvalue weighted by Gasteiger charge is 2.22. The molecular formula is C19H26N2O4. The molecule has 1 aromatic carbocycles. The summed E-state index contributed by atoms with van der Waals surface area (Å²) in [5.74, 6) is -0.940. The highest BCUT2D eigenvalue weighted by atomic mass is 16.4. The number of amides is 2. The average Bonchev–Trinajstić information content (AvgIpc) is 3.08. The summed E-state index contributed by atoms with van der Waals surface area (Å²) in [7, 11) is 0. The molecule has 6 nitrogen and oxygen atoms in total. The second kappa shape index (κ2) is 8.65. The maximum absolute atomic E-state index is 12.3. The quantitative estimate of drug-likeness (QED) is 0.707. The Morgan fingerprint density at radius 3 is 2.28 bits per heavy atom. The standard InChI is InChI=1S/C19H26N2O4/c1-12(11-14-5-3-4-6-14)17(22)21-16-9-7-15(8-10-16)18(23)20-13(2)19(24)25/h7-10,12-14H,3-6,11H2,1-2H3,(H,20,23)(H,21,22)(H,24,25). The lowest BCUT2D eigenvalue weighted by molar-refractivity contribution is -0.138. The van der Waals surface area contributed by atoms with Crippen molar-refractivity contribution in [1.82, 2.24) is 5.32 Å². The fraction of sp³-hybridized carbons (Fsp3) is 0.526. The first-order valence-electron chi connectivity index (χ1n) is 8.81. The molecule has 6 heteroatoms. The van der Waals surface area contributed by atoms with Gasteiger partial charge in [-0.05, 0) is 43.5 Å². The van der Waals surface area contributed by atoms with Crippen molar-refractivity contribution in [3.63, 3.8) is 0 Å². The molecule has 2 atom stereocenters. The molecule has 1 aliphatic carbocycles. The van der Waals surface area contributed by atoms with Crippen LogP contribution in [-0.2, 0) is 9.59 Å². The van der Waals surface area contributed by atoms with Gasteiger partial charge in [-0.25, -0.2) is 0 Å². The second-order valence-corrected chi connectivity index (χ2v) is 6.89. The molecular weight excluding hydrogens is 320 g/mol. The molecule has 0 heterocycles. The summed E-state index contributed by atoms with van der Waals surface area (Å²) < 4.78 is 0. The van der Waals surface area contributed by atoms with Crippen molar-refractivity contribution in [1.29, 1.82) is 0 Å². The van der Waals surface area contributed by atoms with Gasteiger partial charge in [0.25, 0.3) is 5.91 Å². The van der Waals surface area contributed by atoms with Gasteiger partial charge in [-0.2, -0.15) is 0 Å². The number of carboxylic acid groups (broad SMARTS) is 1. The molecule has 0 aromatic heterocycles. The lowest BCUT2D eigenvalue weighted by atomic mass is 9.94. The van der Waals surface area contributed by atoms with Gasteiger partial charge in [0, 0.05) is 17.2 Å². The van der Waals surface area contributed by atoms with Crippen molar-refractivity contribution in [2.45, 2.75) is 52.0 Å². The number of hydrogen-bond donors (Lipinski definition) is 3. The maximum Gasteiger partial charge on any atom is 0.325 e. The van der Waals surface area contributed by atoms with Crippen molar-refractivity contribution < 1.29 is 19.5 Å². The predicted molar refractivity (Wildman–Crippen MR) is 95.4 cm³/mol. The van der Waals surface area contributed by atoms with E-state index in [1.165, 1.54) is 32.6 Å². The van der Waals surface area contributed by atoms with E-state index < -0.39 is 17.9 Å². The maximum atomic E-state index is 12.3. The molecule has 2 unspecified atom stereocenters. The third kappa shape index (κ3) is 5.59. The van der Waals surface area contributed by atoms with Gasteiger partial charge in [-0.3, -0.25) is 14.4 Å². The molecule has 1 fully saturated rings. The number of anilines is 1. The highest BCUT2D eigenvalue weighted by molar-refractivity contribution is 5.97. The molecule has 3 N–H and O–H groups in total. The van der Waals surface area contributed by atoms with Crippen LogP contribution in [0, 0.1) is 11.8 Å². The van der Waals surface area contributed by atoms with Crippen LogP contribution in [0.4, 0.5) is 5.69 Å². The van der Waals surface area contributed by atoms with Gasteiger partial charge >= 0.3 is 5.97 Å². The molecule has 1 aliphatic rings. The van der Waals surface area contributed by atoms with Crippen molar-refractivity contribution in [2.24, 2.45) is 11.8 Å². The third-order valence-electron chi connectivity index (χ3n) is 4.74. The zero-order valence-corrected chi connectivity index (χ0v) is 14.7. The van der Waals surface area contributed by atoms with E-state index in [1.54, 1.807) is 24.3 Å². The monoisotopic (exact) mass is 346 g/mol. The fourth-order valence-corrected chi connectivity index (χ4v) is 3.17. The van der Waals surface area contributed by atoms with Gasteiger partial charge in [0.15, 0.2) is 0 Å². The Hall–Kier alpha value is -2.37. The molecule has 2 amide bonds. The highest BCUT2D eigenvalue weighted by Crippen LogP contribution is 2.30. The van der Waals surface area contributed by atoms with Gasteiger partial charge in [-0.15, -0.1) is 0 Å².